The molecule has 1 aromatic carbocycles. The van der Waals surface area contributed by atoms with Crippen LogP contribution in [0.5, 0.6) is 0 Å². The number of halogens is 1. The number of carbonyl (C=O) groups excluding carboxylic acids is 2. The number of esters is 1. The summed E-state index contributed by atoms with van der Waals surface area (Å²) in [5, 5.41) is 0.248. The molecule has 3 aromatic heterocycles. The van der Waals surface area contributed by atoms with Gasteiger partial charge in [0.05, 0.1) is 12.0 Å². The average Bonchev–Trinajstić information content (AvgIpc) is 2.84. The predicted molar refractivity (Wildman–Crippen MR) is 132 cm³/mol. The zero-order valence-electron chi connectivity index (χ0n) is 18.8. The highest BCUT2D eigenvalue weighted by atomic mass is 79.9. The molecule has 4 rings (SSSR count). The number of hydrogen-bond acceptors (Lipinski definition) is 5. The van der Waals surface area contributed by atoms with E-state index >= 15 is 0 Å². The van der Waals surface area contributed by atoms with Gasteiger partial charge in [-0.1, -0.05) is 35.3 Å². The van der Waals surface area contributed by atoms with Gasteiger partial charge in [0.15, 0.2) is 5.49 Å². The molecule has 1 amide bonds. The van der Waals surface area contributed by atoms with Crippen molar-refractivity contribution in [1.29, 1.82) is 0 Å². The quantitative estimate of drug-likeness (QED) is 0.280. The molecule has 174 valence electrons. The van der Waals surface area contributed by atoms with Crippen molar-refractivity contribution >= 4 is 44.5 Å². The molecule has 0 fully saturated rings. The highest BCUT2D eigenvalue weighted by molar-refractivity contribution is 9.10. The van der Waals surface area contributed by atoms with Gasteiger partial charge in [-0.25, -0.2) is 9.78 Å². The highest BCUT2D eigenvalue weighted by Crippen LogP contribution is 2.14. The Kier molecular flexibility index (Phi) is 7.02. The third-order valence-corrected chi connectivity index (χ3v) is 5.85. The molecule has 0 radical (unpaired) electrons. The number of pyridine rings is 2. The van der Waals surface area contributed by atoms with Crippen molar-refractivity contribution in [3.05, 3.63) is 86.2 Å². The first-order valence-electron chi connectivity index (χ1n) is 11.0. The lowest BCUT2D eigenvalue weighted by Crippen LogP contribution is -2.32. The number of unbranched alkanes of at least 4 members (excludes halogenated alkanes) is 1. The van der Waals surface area contributed by atoms with Crippen LogP contribution in [0.1, 0.15) is 47.4 Å². The van der Waals surface area contributed by atoms with E-state index in [1.54, 1.807) is 60.2 Å². The van der Waals surface area contributed by atoms with Crippen LogP contribution < -0.4 is 11.0 Å². The summed E-state index contributed by atoms with van der Waals surface area (Å²) < 4.78 is 9.18. The van der Waals surface area contributed by atoms with Crippen molar-refractivity contribution in [1.82, 2.24) is 14.0 Å². The number of carbonyl (C=O) groups is 2. The molecular formula is C25H23BrN4O4. The van der Waals surface area contributed by atoms with E-state index in [4.69, 9.17) is 4.74 Å². The number of nitrogens with zero attached hydrogens (tertiary/aromatic N) is 4. The molecule has 0 aliphatic rings. The summed E-state index contributed by atoms with van der Waals surface area (Å²) in [5.41, 5.74) is 1.04. The van der Waals surface area contributed by atoms with Gasteiger partial charge in [0.25, 0.3) is 11.5 Å². The van der Waals surface area contributed by atoms with Crippen LogP contribution in [0.2, 0.25) is 0 Å². The Morgan fingerprint density at radius 2 is 1.88 bits per heavy atom. The maximum absolute atomic E-state index is 13.3. The van der Waals surface area contributed by atoms with Gasteiger partial charge in [0.1, 0.15) is 16.9 Å². The van der Waals surface area contributed by atoms with Gasteiger partial charge in [-0.2, -0.15) is 4.99 Å². The molecule has 9 heteroatoms. The topological polar surface area (TPSA) is 95.0 Å². The molecule has 34 heavy (non-hydrogen) atoms. The van der Waals surface area contributed by atoms with E-state index in [1.807, 2.05) is 6.92 Å². The number of aryl methyl sites for hydroxylation is 1. The summed E-state index contributed by atoms with van der Waals surface area (Å²) in [5.74, 6) is -1.17. The zero-order chi connectivity index (χ0) is 24.2. The minimum atomic E-state index is -0.658. The van der Waals surface area contributed by atoms with E-state index in [1.165, 1.54) is 10.5 Å². The van der Waals surface area contributed by atoms with Crippen LogP contribution in [-0.4, -0.2) is 32.4 Å². The van der Waals surface area contributed by atoms with Gasteiger partial charge in [0, 0.05) is 22.8 Å². The highest BCUT2D eigenvalue weighted by Gasteiger charge is 2.20. The van der Waals surface area contributed by atoms with Crippen molar-refractivity contribution in [2.75, 3.05) is 6.61 Å². The third kappa shape index (κ3) is 4.56. The van der Waals surface area contributed by atoms with Crippen molar-refractivity contribution < 1.29 is 14.3 Å². The smallest absolute Gasteiger partial charge is 0.341 e. The van der Waals surface area contributed by atoms with Gasteiger partial charge >= 0.3 is 5.97 Å². The Morgan fingerprint density at radius 1 is 1.12 bits per heavy atom. The number of ether oxygens (including phenoxy) is 1. The lowest BCUT2D eigenvalue weighted by molar-refractivity contribution is 0.0523. The standard InChI is InChI=1S/C25H23BrN4O4/c1-3-5-13-30-21-18(24(32)29-14-7-6-8-20(29)27-21)15-19(25(33)34-4-2)22(30)28-23(31)16-9-11-17(26)12-10-16/h6-12,14-15H,3-5,13H2,1-2H3. The molecule has 0 N–H and O–H groups in total. The first kappa shape index (κ1) is 23.6. The normalized spacial score (nSPS) is 11.8. The second-order valence-corrected chi connectivity index (χ2v) is 8.53. The van der Waals surface area contributed by atoms with Crippen LogP contribution in [0.25, 0.3) is 16.7 Å². The van der Waals surface area contributed by atoms with Crippen LogP contribution in [0.3, 0.4) is 0 Å². The molecular weight excluding hydrogens is 500 g/mol. The molecule has 0 aliphatic carbocycles. The second kappa shape index (κ2) is 10.1. The molecule has 4 aromatic rings. The molecule has 0 atom stereocenters. The van der Waals surface area contributed by atoms with Gasteiger partial charge in [-0.05, 0) is 55.8 Å². The Bertz CT molecular complexity index is 1520. The Hall–Kier alpha value is -3.59. The van der Waals surface area contributed by atoms with Gasteiger partial charge in [0.2, 0.25) is 0 Å². The number of aromatic nitrogens is 3. The van der Waals surface area contributed by atoms with Crippen LogP contribution in [0.4, 0.5) is 0 Å². The molecule has 3 heterocycles. The van der Waals surface area contributed by atoms with Gasteiger partial charge in [-0.3, -0.25) is 14.0 Å². The zero-order valence-corrected chi connectivity index (χ0v) is 20.4. The van der Waals surface area contributed by atoms with Gasteiger partial charge in [-0.15, -0.1) is 0 Å². The van der Waals surface area contributed by atoms with E-state index in [2.05, 4.69) is 25.9 Å². The molecule has 0 saturated heterocycles. The summed E-state index contributed by atoms with van der Waals surface area (Å²) in [6.07, 6.45) is 3.21. The lowest BCUT2D eigenvalue weighted by Gasteiger charge is -2.15. The number of benzene rings is 1. The van der Waals surface area contributed by atoms with Crippen LogP contribution in [-0.2, 0) is 11.3 Å². The van der Waals surface area contributed by atoms with Crippen molar-refractivity contribution in [2.24, 2.45) is 4.99 Å². The van der Waals surface area contributed by atoms with Crippen molar-refractivity contribution in [2.45, 2.75) is 33.2 Å². The van der Waals surface area contributed by atoms with Crippen molar-refractivity contribution in [3.8, 4) is 0 Å². The molecule has 8 nitrogen and oxygen atoms in total. The predicted octanol–water partition coefficient (Wildman–Crippen LogP) is 4.13. The maximum atomic E-state index is 13.3. The van der Waals surface area contributed by atoms with Crippen molar-refractivity contribution in [3.63, 3.8) is 0 Å². The minimum Gasteiger partial charge on any atom is -0.462 e. The molecule has 0 saturated carbocycles. The van der Waals surface area contributed by atoms with Crippen LogP contribution >= 0.6 is 15.9 Å². The molecule has 0 aliphatic heterocycles. The molecule has 0 unspecified atom stereocenters. The third-order valence-electron chi connectivity index (χ3n) is 5.32. The Balaban J connectivity index is 2.10. The maximum Gasteiger partial charge on any atom is 0.341 e. The minimum absolute atomic E-state index is 0.0469. The first-order chi connectivity index (χ1) is 16.4. The van der Waals surface area contributed by atoms with E-state index in [0.717, 1.165) is 17.3 Å². The largest absolute Gasteiger partial charge is 0.462 e. The second-order valence-electron chi connectivity index (χ2n) is 7.61. The van der Waals surface area contributed by atoms with Crippen LogP contribution in [0, 0.1) is 0 Å². The lowest BCUT2D eigenvalue weighted by atomic mass is 10.2. The van der Waals surface area contributed by atoms with E-state index in [9.17, 15) is 14.4 Å². The van der Waals surface area contributed by atoms with Crippen LogP contribution in [0.15, 0.2) is 69.0 Å². The number of amides is 1. The average molecular weight is 523 g/mol. The summed E-state index contributed by atoms with van der Waals surface area (Å²) in [4.78, 5) is 48.3. The first-order valence-corrected chi connectivity index (χ1v) is 11.8. The summed E-state index contributed by atoms with van der Waals surface area (Å²) in [6, 6.07) is 13.5. The van der Waals surface area contributed by atoms with E-state index in [-0.39, 0.29) is 28.6 Å². The number of rotatable bonds is 6. The van der Waals surface area contributed by atoms with Gasteiger partial charge < -0.3 is 9.30 Å². The Labute approximate surface area is 203 Å². The summed E-state index contributed by atoms with van der Waals surface area (Å²) in [7, 11) is 0. The SMILES string of the molecule is CCCCn1c(=NC(=O)c2ccc(Br)cc2)c(C(=O)OCC)cc2c(=O)n3ccccc3nc21. The number of fused-ring (bicyclic) bond motifs is 2. The number of hydrogen-bond donors (Lipinski definition) is 0. The fraction of sp³-hybridized carbons (Fsp3) is 0.240. The monoisotopic (exact) mass is 522 g/mol. The molecule has 0 spiro atoms. The van der Waals surface area contributed by atoms with E-state index in [0.29, 0.717) is 23.4 Å². The summed E-state index contributed by atoms with van der Waals surface area (Å²) >= 11 is 3.36. The Morgan fingerprint density at radius 3 is 2.59 bits per heavy atom. The fourth-order valence-corrected chi connectivity index (χ4v) is 3.90. The van der Waals surface area contributed by atoms with E-state index < -0.39 is 11.9 Å². The summed E-state index contributed by atoms with van der Waals surface area (Å²) in [6.45, 7) is 4.28. The molecule has 0 bridgehead atoms. The fourth-order valence-electron chi connectivity index (χ4n) is 3.64.